The molecule has 0 aliphatic carbocycles. The lowest BCUT2D eigenvalue weighted by Gasteiger charge is -2.29. The molecule has 0 saturated carbocycles. The van der Waals surface area contributed by atoms with Crippen LogP contribution < -0.4 is 4.90 Å². The highest BCUT2D eigenvalue weighted by atomic mass is 32.2. The molecule has 0 fully saturated rings. The molecule has 1 amide bonds. The molecule has 0 spiro atoms. The monoisotopic (exact) mass is 357 g/mol. The van der Waals surface area contributed by atoms with Gasteiger partial charge in [0.2, 0.25) is 5.91 Å². The fraction of sp³-hybridized carbons (Fsp3) is 0.350. The third-order valence-corrected chi connectivity index (χ3v) is 6.07. The molecule has 0 unspecified atom stereocenters. The number of rotatable bonds is 4. The summed E-state index contributed by atoms with van der Waals surface area (Å²) in [5.74, 6) is -0.881. The Labute approximate surface area is 149 Å². The van der Waals surface area contributed by atoms with Crippen LogP contribution in [0.1, 0.15) is 28.7 Å². The Bertz CT molecular complexity index is 903. The topological polar surface area (TPSA) is 54.5 Å². The number of para-hydroxylation sites is 1. The maximum Gasteiger partial charge on any atom is 0.242 e. The molecular weight excluding hydrogens is 334 g/mol. The van der Waals surface area contributed by atoms with Gasteiger partial charge in [-0.25, -0.2) is 8.42 Å². The first-order valence-corrected chi connectivity index (χ1v) is 10.3. The predicted molar refractivity (Wildman–Crippen MR) is 101 cm³/mol. The van der Waals surface area contributed by atoms with Gasteiger partial charge in [0.05, 0.1) is 5.75 Å². The summed E-state index contributed by atoms with van der Waals surface area (Å²) in [4.78, 5) is 14.3. The van der Waals surface area contributed by atoms with E-state index in [0.717, 1.165) is 40.8 Å². The van der Waals surface area contributed by atoms with Gasteiger partial charge in [0.1, 0.15) is 5.75 Å². The molecule has 132 valence electrons. The second-order valence-corrected chi connectivity index (χ2v) is 8.80. The van der Waals surface area contributed by atoms with Gasteiger partial charge in [0.15, 0.2) is 9.84 Å². The van der Waals surface area contributed by atoms with Crippen molar-refractivity contribution in [2.45, 2.75) is 32.4 Å². The lowest BCUT2D eigenvalue weighted by molar-refractivity contribution is -0.116. The number of sulfone groups is 1. The molecule has 0 atom stereocenters. The Balaban J connectivity index is 1.77. The molecule has 4 nitrogen and oxygen atoms in total. The zero-order chi connectivity index (χ0) is 18.0. The molecule has 1 aliphatic rings. The van der Waals surface area contributed by atoms with Crippen molar-refractivity contribution in [1.82, 2.24) is 0 Å². The van der Waals surface area contributed by atoms with Crippen molar-refractivity contribution in [3.63, 3.8) is 0 Å². The Kier molecular flexibility index (Phi) is 4.95. The highest BCUT2D eigenvalue weighted by Crippen LogP contribution is 2.27. The van der Waals surface area contributed by atoms with Crippen LogP contribution in [0.15, 0.2) is 42.5 Å². The molecule has 0 aromatic heterocycles. The van der Waals surface area contributed by atoms with E-state index in [1.807, 2.05) is 56.3 Å². The lowest BCUT2D eigenvalue weighted by Crippen LogP contribution is -2.39. The number of nitrogens with zero attached hydrogens (tertiary/aromatic N) is 1. The second-order valence-electron chi connectivity index (χ2n) is 6.74. The number of amides is 1. The Hall–Kier alpha value is -2.14. The van der Waals surface area contributed by atoms with Crippen LogP contribution in [-0.4, -0.2) is 26.6 Å². The summed E-state index contributed by atoms with van der Waals surface area (Å²) in [6, 6.07) is 13.5. The van der Waals surface area contributed by atoms with E-state index >= 15 is 0 Å². The van der Waals surface area contributed by atoms with E-state index in [1.165, 1.54) is 0 Å². The summed E-state index contributed by atoms with van der Waals surface area (Å²) in [5, 5.41) is 0. The van der Waals surface area contributed by atoms with E-state index in [0.29, 0.717) is 6.54 Å². The van der Waals surface area contributed by atoms with Gasteiger partial charge in [0, 0.05) is 12.2 Å². The largest absolute Gasteiger partial charge is 0.311 e. The first kappa shape index (κ1) is 17.7. The van der Waals surface area contributed by atoms with Crippen LogP contribution in [0, 0.1) is 13.8 Å². The lowest BCUT2D eigenvalue weighted by atomic mass is 10.0. The van der Waals surface area contributed by atoms with Crippen molar-refractivity contribution in [3.05, 3.63) is 64.7 Å². The van der Waals surface area contributed by atoms with Gasteiger partial charge in [-0.05, 0) is 49.4 Å². The normalized spacial score (nSPS) is 14.2. The Morgan fingerprint density at radius 3 is 2.68 bits per heavy atom. The third-order valence-electron chi connectivity index (χ3n) is 4.63. The molecular formula is C20H23NO3S. The van der Waals surface area contributed by atoms with Gasteiger partial charge in [-0.2, -0.15) is 0 Å². The van der Waals surface area contributed by atoms with Crippen LogP contribution in [0.4, 0.5) is 5.69 Å². The van der Waals surface area contributed by atoms with Crippen LogP contribution in [0.2, 0.25) is 0 Å². The van der Waals surface area contributed by atoms with Crippen molar-refractivity contribution in [1.29, 1.82) is 0 Å². The molecule has 2 aromatic rings. The molecule has 1 heterocycles. The highest BCUT2D eigenvalue weighted by Gasteiger charge is 2.26. The van der Waals surface area contributed by atoms with Crippen LogP contribution in [0.5, 0.6) is 0 Å². The van der Waals surface area contributed by atoms with Gasteiger partial charge >= 0.3 is 0 Å². The van der Waals surface area contributed by atoms with Crippen LogP contribution >= 0.6 is 0 Å². The van der Waals surface area contributed by atoms with Gasteiger partial charge in [0.25, 0.3) is 0 Å². The minimum atomic E-state index is -3.52. The predicted octanol–water partition coefficient (Wildman–Crippen LogP) is 3.20. The van der Waals surface area contributed by atoms with Crippen LogP contribution in [0.3, 0.4) is 0 Å². The molecule has 0 saturated heterocycles. The van der Waals surface area contributed by atoms with E-state index in [1.54, 1.807) is 4.90 Å². The van der Waals surface area contributed by atoms with Crippen molar-refractivity contribution >= 4 is 21.4 Å². The van der Waals surface area contributed by atoms with Crippen molar-refractivity contribution in [2.24, 2.45) is 0 Å². The minimum absolute atomic E-state index is 0.0955. The maximum atomic E-state index is 12.7. The maximum absolute atomic E-state index is 12.7. The number of anilines is 1. The van der Waals surface area contributed by atoms with Crippen molar-refractivity contribution < 1.29 is 13.2 Å². The molecule has 0 radical (unpaired) electrons. The fourth-order valence-corrected chi connectivity index (χ4v) is 4.72. The molecule has 1 aliphatic heterocycles. The summed E-state index contributed by atoms with van der Waals surface area (Å²) in [7, 11) is -3.52. The summed E-state index contributed by atoms with van der Waals surface area (Å²) in [6.45, 7) is 4.41. The van der Waals surface area contributed by atoms with E-state index in [-0.39, 0.29) is 11.7 Å². The van der Waals surface area contributed by atoms with E-state index in [9.17, 15) is 13.2 Å². The van der Waals surface area contributed by atoms with Gasteiger partial charge < -0.3 is 4.90 Å². The molecule has 0 bridgehead atoms. The number of aryl methyl sites for hydroxylation is 3. The highest BCUT2D eigenvalue weighted by molar-refractivity contribution is 7.91. The fourth-order valence-electron chi connectivity index (χ4n) is 3.30. The summed E-state index contributed by atoms with van der Waals surface area (Å²) in [6.07, 6.45) is 1.79. The summed E-state index contributed by atoms with van der Waals surface area (Å²) >= 11 is 0. The average molecular weight is 357 g/mol. The summed E-state index contributed by atoms with van der Waals surface area (Å²) in [5.41, 5.74) is 4.68. The van der Waals surface area contributed by atoms with Crippen molar-refractivity contribution in [2.75, 3.05) is 17.2 Å². The number of benzene rings is 2. The first-order valence-electron chi connectivity index (χ1n) is 8.50. The zero-order valence-corrected chi connectivity index (χ0v) is 15.5. The van der Waals surface area contributed by atoms with E-state index in [4.69, 9.17) is 0 Å². The van der Waals surface area contributed by atoms with Crippen molar-refractivity contribution in [3.8, 4) is 0 Å². The summed E-state index contributed by atoms with van der Waals surface area (Å²) < 4.78 is 25.2. The van der Waals surface area contributed by atoms with E-state index < -0.39 is 15.6 Å². The second kappa shape index (κ2) is 7.00. The Morgan fingerprint density at radius 1 is 1.12 bits per heavy atom. The third kappa shape index (κ3) is 4.10. The first-order chi connectivity index (χ1) is 11.9. The minimum Gasteiger partial charge on any atom is -0.311 e. The van der Waals surface area contributed by atoms with E-state index in [2.05, 4.69) is 0 Å². The quantitative estimate of drug-likeness (QED) is 0.844. The number of carbonyl (C=O) groups is 1. The van der Waals surface area contributed by atoms with Gasteiger partial charge in [-0.15, -0.1) is 0 Å². The Morgan fingerprint density at radius 2 is 1.88 bits per heavy atom. The standard InChI is InChI=1S/C20H23NO3S/c1-15-9-10-16(2)18(12-15)13-25(23,24)14-20(22)21-11-5-7-17-6-3-4-8-19(17)21/h3-4,6,8-10,12H,5,7,11,13-14H2,1-2H3. The molecule has 5 heteroatoms. The number of hydrogen-bond acceptors (Lipinski definition) is 3. The average Bonchev–Trinajstić information content (AvgIpc) is 2.57. The molecule has 25 heavy (non-hydrogen) atoms. The van der Waals surface area contributed by atoms with Crippen LogP contribution in [0.25, 0.3) is 0 Å². The molecule has 0 N–H and O–H groups in total. The molecule has 2 aromatic carbocycles. The molecule has 3 rings (SSSR count). The smallest absolute Gasteiger partial charge is 0.242 e. The zero-order valence-electron chi connectivity index (χ0n) is 14.7. The van der Waals surface area contributed by atoms with Gasteiger partial charge in [-0.3, -0.25) is 4.79 Å². The van der Waals surface area contributed by atoms with Gasteiger partial charge in [-0.1, -0.05) is 42.0 Å². The number of hydrogen-bond donors (Lipinski definition) is 0. The number of fused-ring (bicyclic) bond motifs is 1. The van der Waals surface area contributed by atoms with Crippen LogP contribution in [-0.2, 0) is 26.8 Å². The number of carbonyl (C=O) groups excluding carboxylic acids is 1. The SMILES string of the molecule is Cc1ccc(C)c(CS(=O)(=O)CC(=O)N2CCCc3ccccc32)c1.